The van der Waals surface area contributed by atoms with E-state index in [1.165, 1.54) is 12.0 Å². The van der Waals surface area contributed by atoms with Crippen molar-refractivity contribution >= 4 is 22.7 Å². The molecule has 1 aromatic carbocycles. The van der Waals surface area contributed by atoms with Crippen molar-refractivity contribution < 1.29 is 0 Å². The van der Waals surface area contributed by atoms with E-state index in [0.717, 1.165) is 35.7 Å². The fourth-order valence-electron chi connectivity index (χ4n) is 4.36. The highest BCUT2D eigenvalue weighted by molar-refractivity contribution is 5.77. The Balaban J connectivity index is 1.39. The lowest BCUT2D eigenvalue weighted by Gasteiger charge is -2.43. The lowest BCUT2D eigenvalue weighted by molar-refractivity contribution is 0.170. The first kappa shape index (κ1) is 20.3. The zero-order chi connectivity index (χ0) is 22.2. The fraction of sp³-hybridized carbons (Fsp3) is 0.292. The van der Waals surface area contributed by atoms with Gasteiger partial charge in [-0.2, -0.15) is 5.10 Å². The van der Waals surface area contributed by atoms with Crippen LogP contribution in [0.5, 0.6) is 0 Å². The Labute approximate surface area is 186 Å². The van der Waals surface area contributed by atoms with Crippen LogP contribution in [0.4, 0.5) is 17.1 Å². The molecule has 0 radical (unpaired) electrons. The summed E-state index contributed by atoms with van der Waals surface area (Å²) in [5.41, 5.74) is 5.22. The maximum Gasteiger partial charge on any atom is 0.248 e. The molecule has 1 aliphatic heterocycles. The third-order valence-corrected chi connectivity index (χ3v) is 6.37. The molecule has 164 valence electrons. The second-order valence-corrected chi connectivity index (χ2v) is 8.51. The zero-order valence-corrected chi connectivity index (χ0v) is 18.5. The third-order valence-electron chi connectivity index (χ3n) is 6.37. The van der Waals surface area contributed by atoms with Crippen molar-refractivity contribution in [1.82, 2.24) is 24.5 Å². The van der Waals surface area contributed by atoms with E-state index in [0.29, 0.717) is 17.7 Å². The number of nitrogens with zero attached hydrogens (tertiary/aromatic N) is 5. The summed E-state index contributed by atoms with van der Waals surface area (Å²) in [4.78, 5) is 23.7. The van der Waals surface area contributed by atoms with Crippen molar-refractivity contribution in [2.45, 2.75) is 25.9 Å². The monoisotopic (exact) mass is 429 g/mol. The summed E-state index contributed by atoms with van der Waals surface area (Å²) in [5, 5.41) is 7.83. The van der Waals surface area contributed by atoms with E-state index in [-0.39, 0.29) is 5.56 Å². The van der Waals surface area contributed by atoms with E-state index in [1.807, 2.05) is 18.2 Å². The molecule has 1 fully saturated rings. The van der Waals surface area contributed by atoms with Crippen LogP contribution in [0.2, 0.25) is 0 Å². The van der Waals surface area contributed by atoms with Gasteiger partial charge in [0.25, 0.3) is 0 Å². The van der Waals surface area contributed by atoms with Crippen molar-refractivity contribution in [3.63, 3.8) is 0 Å². The van der Waals surface area contributed by atoms with Gasteiger partial charge in [0.2, 0.25) is 5.56 Å². The Hall–Kier alpha value is -3.65. The lowest BCUT2D eigenvalue weighted by atomic mass is 10.1. The third kappa shape index (κ3) is 3.73. The molecular formula is C24H27N7O. The molecule has 4 heterocycles. The van der Waals surface area contributed by atoms with Gasteiger partial charge in [-0.05, 0) is 63.4 Å². The van der Waals surface area contributed by atoms with Crippen molar-refractivity contribution in [3.05, 3.63) is 71.4 Å². The first-order chi connectivity index (χ1) is 15.5. The van der Waals surface area contributed by atoms with E-state index < -0.39 is 0 Å². The first-order valence-corrected chi connectivity index (χ1v) is 10.9. The number of piperazine rings is 1. The first-order valence-electron chi connectivity index (χ1n) is 10.9. The highest BCUT2D eigenvalue weighted by atomic mass is 16.1. The van der Waals surface area contributed by atoms with Gasteiger partial charge >= 0.3 is 0 Å². The van der Waals surface area contributed by atoms with Crippen LogP contribution < -0.4 is 15.8 Å². The standard InChI is InChI=1S/C24H27N7O/c1-16-13-30(14-17(2)29(16)3)20-6-4-19(5-7-20)28-21-8-9-22(31-24(21)26-15-27-31)18-10-11-25-23(32)12-18/h4-12,15-17,28H,13-14H2,1-3H3,(H,25,32). The number of likely N-dealkylation sites (N-methyl/N-ethyl adjacent to an activating group) is 1. The van der Waals surface area contributed by atoms with Gasteiger partial charge in [-0.1, -0.05) is 0 Å². The number of aromatic amines is 1. The molecule has 3 aromatic heterocycles. The molecule has 0 spiro atoms. The summed E-state index contributed by atoms with van der Waals surface area (Å²) in [6, 6.07) is 16.9. The molecule has 2 N–H and O–H groups in total. The van der Waals surface area contributed by atoms with Gasteiger partial charge in [0.1, 0.15) is 6.33 Å². The largest absolute Gasteiger partial charge is 0.368 e. The minimum absolute atomic E-state index is 0.151. The summed E-state index contributed by atoms with van der Waals surface area (Å²) < 4.78 is 1.75. The highest BCUT2D eigenvalue weighted by Crippen LogP contribution is 2.28. The number of fused-ring (bicyclic) bond motifs is 1. The number of anilines is 3. The number of H-pyrrole nitrogens is 1. The van der Waals surface area contributed by atoms with Crippen LogP contribution in [-0.4, -0.2) is 56.7 Å². The second kappa shape index (κ2) is 8.12. The molecular weight excluding hydrogens is 402 g/mol. The Kier molecular flexibility index (Phi) is 5.14. The topological polar surface area (TPSA) is 81.6 Å². The van der Waals surface area contributed by atoms with E-state index >= 15 is 0 Å². The Morgan fingerprint density at radius 2 is 1.78 bits per heavy atom. The number of hydrogen-bond acceptors (Lipinski definition) is 6. The fourth-order valence-corrected chi connectivity index (χ4v) is 4.36. The molecule has 0 saturated carbocycles. The molecule has 2 atom stereocenters. The van der Waals surface area contributed by atoms with Crippen LogP contribution in [0.25, 0.3) is 16.9 Å². The van der Waals surface area contributed by atoms with Crippen LogP contribution in [0.1, 0.15) is 13.8 Å². The normalized spacial score (nSPS) is 19.4. The summed E-state index contributed by atoms with van der Waals surface area (Å²) >= 11 is 0. The van der Waals surface area contributed by atoms with Crippen LogP contribution in [0, 0.1) is 0 Å². The van der Waals surface area contributed by atoms with Crippen LogP contribution >= 0.6 is 0 Å². The summed E-state index contributed by atoms with van der Waals surface area (Å²) in [5.74, 6) is 0. The van der Waals surface area contributed by atoms with Gasteiger partial charge in [0.05, 0.1) is 11.4 Å². The molecule has 0 amide bonds. The van der Waals surface area contributed by atoms with Gasteiger partial charge in [-0.3, -0.25) is 9.69 Å². The molecule has 0 bridgehead atoms. The molecule has 8 nitrogen and oxygen atoms in total. The Bertz CT molecular complexity index is 1280. The minimum atomic E-state index is -0.151. The number of hydrogen-bond donors (Lipinski definition) is 2. The van der Waals surface area contributed by atoms with Gasteiger partial charge < -0.3 is 15.2 Å². The second-order valence-electron chi connectivity index (χ2n) is 8.51. The van der Waals surface area contributed by atoms with E-state index in [1.54, 1.807) is 16.8 Å². The molecule has 0 aliphatic carbocycles. The predicted molar refractivity (Wildman–Crippen MR) is 128 cm³/mol. The Morgan fingerprint density at radius 1 is 1.03 bits per heavy atom. The van der Waals surface area contributed by atoms with Crippen LogP contribution in [-0.2, 0) is 0 Å². The van der Waals surface area contributed by atoms with Gasteiger partial charge in [0, 0.05) is 54.4 Å². The van der Waals surface area contributed by atoms with Crippen molar-refractivity contribution in [2.24, 2.45) is 0 Å². The van der Waals surface area contributed by atoms with E-state index in [9.17, 15) is 4.79 Å². The smallest absolute Gasteiger partial charge is 0.248 e. The van der Waals surface area contributed by atoms with Crippen molar-refractivity contribution in [1.29, 1.82) is 0 Å². The summed E-state index contributed by atoms with van der Waals surface area (Å²) in [6.45, 7) is 6.60. The van der Waals surface area contributed by atoms with Crippen molar-refractivity contribution in [3.8, 4) is 11.3 Å². The van der Waals surface area contributed by atoms with E-state index in [4.69, 9.17) is 0 Å². The highest BCUT2D eigenvalue weighted by Gasteiger charge is 2.26. The maximum absolute atomic E-state index is 11.7. The molecule has 5 rings (SSSR count). The number of aromatic nitrogens is 4. The lowest BCUT2D eigenvalue weighted by Crippen LogP contribution is -2.55. The SMILES string of the molecule is CC1CN(c2ccc(Nc3ccc(-c4cc[nH]c(=O)c4)n4ncnc34)cc2)CC(C)N1C. The molecule has 1 aliphatic rings. The predicted octanol–water partition coefficient (Wildman–Crippen LogP) is 3.36. The van der Waals surface area contributed by atoms with Crippen molar-refractivity contribution in [2.75, 3.05) is 30.4 Å². The molecule has 4 aromatic rings. The molecule has 32 heavy (non-hydrogen) atoms. The summed E-state index contributed by atoms with van der Waals surface area (Å²) in [7, 11) is 2.20. The minimum Gasteiger partial charge on any atom is -0.368 e. The Morgan fingerprint density at radius 3 is 2.50 bits per heavy atom. The number of pyridine rings is 2. The zero-order valence-electron chi connectivity index (χ0n) is 18.5. The van der Waals surface area contributed by atoms with Gasteiger partial charge in [-0.25, -0.2) is 9.50 Å². The molecule has 2 unspecified atom stereocenters. The quantitative estimate of drug-likeness (QED) is 0.518. The van der Waals surface area contributed by atoms with Gasteiger partial charge in [-0.15, -0.1) is 0 Å². The van der Waals surface area contributed by atoms with Gasteiger partial charge in [0.15, 0.2) is 5.65 Å². The van der Waals surface area contributed by atoms with Crippen LogP contribution in [0.3, 0.4) is 0 Å². The number of benzene rings is 1. The number of rotatable bonds is 4. The molecule has 8 heteroatoms. The van der Waals surface area contributed by atoms with Crippen LogP contribution in [0.15, 0.2) is 65.8 Å². The summed E-state index contributed by atoms with van der Waals surface area (Å²) in [6.07, 6.45) is 3.16. The molecule has 1 saturated heterocycles. The average molecular weight is 430 g/mol. The average Bonchev–Trinajstić information content (AvgIpc) is 3.28. The number of nitrogens with one attached hydrogen (secondary N) is 2. The maximum atomic E-state index is 11.7. The van der Waals surface area contributed by atoms with E-state index in [2.05, 4.69) is 75.3 Å².